The van der Waals surface area contributed by atoms with Crippen molar-refractivity contribution < 1.29 is 4.79 Å². The average Bonchev–Trinajstić information content (AvgIpc) is 2.88. The molecular weight excluding hydrogens is 226 g/mol. The van der Waals surface area contributed by atoms with Gasteiger partial charge in [0.1, 0.15) is 0 Å². The first-order chi connectivity index (χ1) is 8.70. The van der Waals surface area contributed by atoms with Gasteiger partial charge in [-0.15, -0.1) is 0 Å². The molecule has 0 aromatic carbocycles. The van der Waals surface area contributed by atoms with Gasteiger partial charge >= 0.3 is 0 Å². The summed E-state index contributed by atoms with van der Waals surface area (Å²) in [6.07, 6.45) is 4.08. The summed E-state index contributed by atoms with van der Waals surface area (Å²) in [5.41, 5.74) is 1.62. The van der Waals surface area contributed by atoms with Crippen LogP contribution in [0.25, 0.3) is 0 Å². The molecule has 4 nitrogen and oxygen atoms in total. The number of nitrogens with one attached hydrogen (secondary N) is 1. The first kappa shape index (κ1) is 13.0. The van der Waals surface area contributed by atoms with Crippen LogP contribution in [-0.2, 0) is 0 Å². The number of nitrogens with zero attached hydrogens (tertiary/aromatic N) is 2. The zero-order valence-corrected chi connectivity index (χ0v) is 11.1. The van der Waals surface area contributed by atoms with Gasteiger partial charge in [-0.1, -0.05) is 0 Å². The summed E-state index contributed by atoms with van der Waals surface area (Å²) in [5.74, 6) is 0.108. The summed E-state index contributed by atoms with van der Waals surface area (Å²) >= 11 is 0. The number of pyridine rings is 1. The molecule has 18 heavy (non-hydrogen) atoms. The Labute approximate surface area is 108 Å². The third kappa shape index (κ3) is 3.07. The van der Waals surface area contributed by atoms with Gasteiger partial charge in [-0.25, -0.2) is 0 Å². The van der Waals surface area contributed by atoms with Crippen molar-refractivity contribution in [2.24, 2.45) is 0 Å². The van der Waals surface area contributed by atoms with Gasteiger partial charge in [0, 0.05) is 36.6 Å². The molecule has 1 aromatic rings. The normalized spacial score (nSPS) is 18.9. The fraction of sp³-hybridized carbons (Fsp3) is 0.571. The summed E-state index contributed by atoms with van der Waals surface area (Å²) < 4.78 is 0. The average molecular weight is 247 g/mol. The Morgan fingerprint density at radius 2 is 2.44 bits per heavy atom. The highest BCUT2D eigenvalue weighted by Gasteiger charge is 2.21. The van der Waals surface area contributed by atoms with E-state index in [0.29, 0.717) is 6.04 Å². The topological polar surface area (TPSA) is 45.2 Å². The van der Waals surface area contributed by atoms with Crippen LogP contribution in [0, 0.1) is 6.92 Å². The Hall–Kier alpha value is -1.42. The molecule has 1 aromatic heterocycles. The van der Waals surface area contributed by atoms with E-state index in [1.807, 2.05) is 24.8 Å². The number of carbonyl (C=O) groups is 1. The molecule has 2 heterocycles. The molecule has 0 saturated carbocycles. The van der Waals surface area contributed by atoms with Gasteiger partial charge in [-0.2, -0.15) is 0 Å². The lowest BCUT2D eigenvalue weighted by Crippen LogP contribution is -2.41. The van der Waals surface area contributed by atoms with Crippen molar-refractivity contribution in [2.45, 2.75) is 32.7 Å². The number of likely N-dealkylation sites (N-methyl/N-ethyl adjacent to an activating group) is 1. The molecule has 98 valence electrons. The Kier molecular flexibility index (Phi) is 4.31. The minimum absolute atomic E-state index is 0.108. The highest BCUT2D eigenvalue weighted by atomic mass is 16.2. The fourth-order valence-corrected chi connectivity index (χ4v) is 2.40. The van der Waals surface area contributed by atoms with E-state index in [9.17, 15) is 4.79 Å². The van der Waals surface area contributed by atoms with Crippen molar-refractivity contribution in [1.29, 1.82) is 0 Å². The van der Waals surface area contributed by atoms with Crippen molar-refractivity contribution in [3.63, 3.8) is 0 Å². The fourth-order valence-electron chi connectivity index (χ4n) is 2.40. The zero-order chi connectivity index (χ0) is 13.0. The monoisotopic (exact) mass is 247 g/mol. The predicted octanol–water partition coefficient (Wildman–Crippen LogP) is 1.60. The standard InChI is InChI=1S/C14H21N3O/c1-3-17(10-13-5-4-7-16-13)14(18)12-6-8-15-11(2)9-12/h6,8-9,13,16H,3-5,7,10H2,1-2H3. The molecule has 0 spiro atoms. The molecule has 1 saturated heterocycles. The summed E-state index contributed by atoms with van der Waals surface area (Å²) in [7, 11) is 0. The van der Waals surface area contributed by atoms with Crippen LogP contribution < -0.4 is 5.32 Å². The van der Waals surface area contributed by atoms with Crippen LogP contribution in [-0.4, -0.2) is 41.5 Å². The van der Waals surface area contributed by atoms with E-state index in [0.717, 1.165) is 30.9 Å². The van der Waals surface area contributed by atoms with Gasteiger partial charge in [0.05, 0.1) is 0 Å². The number of hydrogen-bond acceptors (Lipinski definition) is 3. The summed E-state index contributed by atoms with van der Waals surface area (Å²) in [6, 6.07) is 4.10. The van der Waals surface area contributed by atoms with E-state index < -0.39 is 0 Å². The van der Waals surface area contributed by atoms with Gasteiger partial charge in [-0.05, 0) is 45.4 Å². The van der Waals surface area contributed by atoms with E-state index in [1.165, 1.54) is 12.8 Å². The number of amides is 1. The number of rotatable bonds is 4. The first-order valence-electron chi connectivity index (χ1n) is 6.66. The maximum absolute atomic E-state index is 12.4. The summed E-state index contributed by atoms with van der Waals surface area (Å²) in [5, 5.41) is 3.43. The second kappa shape index (κ2) is 5.96. The van der Waals surface area contributed by atoms with Crippen molar-refractivity contribution in [3.8, 4) is 0 Å². The smallest absolute Gasteiger partial charge is 0.254 e. The summed E-state index contributed by atoms with van der Waals surface area (Å²) in [6.45, 7) is 6.56. The lowest BCUT2D eigenvalue weighted by atomic mass is 10.1. The lowest BCUT2D eigenvalue weighted by molar-refractivity contribution is 0.0751. The Morgan fingerprint density at radius 1 is 1.61 bits per heavy atom. The third-order valence-electron chi connectivity index (χ3n) is 3.42. The molecule has 0 aliphatic carbocycles. The first-order valence-corrected chi connectivity index (χ1v) is 6.66. The van der Waals surface area contributed by atoms with Gasteiger partial charge < -0.3 is 10.2 Å². The van der Waals surface area contributed by atoms with Crippen LogP contribution in [0.1, 0.15) is 35.8 Å². The quantitative estimate of drug-likeness (QED) is 0.879. The second-order valence-electron chi connectivity index (χ2n) is 4.82. The molecule has 0 radical (unpaired) electrons. The highest BCUT2D eigenvalue weighted by molar-refractivity contribution is 5.94. The van der Waals surface area contributed by atoms with E-state index in [4.69, 9.17) is 0 Å². The SMILES string of the molecule is CCN(CC1CCCN1)C(=O)c1ccnc(C)c1. The predicted molar refractivity (Wildman–Crippen MR) is 71.6 cm³/mol. The number of carbonyl (C=O) groups excluding carboxylic acids is 1. The van der Waals surface area contributed by atoms with Gasteiger partial charge in [0.15, 0.2) is 0 Å². The van der Waals surface area contributed by atoms with Gasteiger partial charge in [0.2, 0.25) is 0 Å². The largest absolute Gasteiger partial charge is 0.337 e. The van der Waals surface area contributed by atoms with Crippen molar-refractivity contribution in [1.82, 2.24) is 15.2 Å². The van der Waals surface area contributed by atoms with Crippen molar-refractivity contribution >= 4 is 5.91 Å². The molecule has 1 fully saturated rings. The molecule has 1 unspecified atom stereocenters. The molecule has 0 bridgehead atoms. The van der Waals surface area contributed by atoms with E-state index in [-0.39, 0.29) is 5.91 Å². The Morgan fingerprint density at radius 3 is 3.06 bits per heavy atom. The van der Waals surface area contributed by atoms with Crippen LogP contribution in [0.4, 0.5) is 0 Å². The molecular formula is C14H21N3O. The molecule has 2 rings (SSSR count). The number of aryl methyl sites for hydroxylation is 1. The van der Waals surface area contributed by atoms with Crippen molar-refractivity contribution in [3.05, 3.63) is 29.6 Å². The van der Waals surface area contributed by atoms with E-state index >= 15 is 0 Å². The van der Waals surface area contributed by atoms with Crippen LogP contribution in [0.5, 0.6) is 0 Å². The molecule has 4 heteroatoms. The second-order valence-corrected chi connectivity index (χ2v) is 4.82. The molecule has 1 atom stereocenters. The number of aromatic nitrogens is 1. The minimum atomic E-state index is 0.108. The van der Waals surface area contributed by atoms with Crippen molar-refractivity contribution in [2.75, 3.05) is 19.6 Å². The lowest BCUT2D eigenvalue weighted by Gasteiger charge is -2.24. The minimum Gasteiger partial charge on any atom is -0.337 e. The summed E-state index contributed by atoms with van der Waals surface area (Å²) in [4.78, 5) is 18.4. The van der Waals surface area contributed by atoms with Gasteiger partial charge in [0.25, 0.3) is 5.91 Å². The van der Waals surface area contributed by atoms with Gasteiger partial charge in [-0.3, -0.25) is 9.78 Å². The maximum Gasteiger partial charge on any atom is 0.254 e. The Bertz CT molecular complexity index is 413. The Balaban J connectivity index is 2.04. The molecule has 1 aliphatic rings. The third-order valence-corrected chi connectivity index (χ3v) is 3.42. The van der Waals surface area contributed by atoms with Crippen LogP contribution in [0.15, 0.2) is 18.3 Å². The maximum atomic E-state index is 12.4. The van der Waals surface area contributed by atoms with E-state index in [1.54, 1.807) is 12.3 Å². The highest BCUT2D eigenvalue weighted by Crippen LogP contribution is 2.10. The van der Waals surface area contributed by atoms with Crippen LogP contribution >= 0.6 is 0 Å². The molecule has 1 N–H and O–H groups in total. The number of hydrogen-bond donors (Lipinski definition) is 1. The van der Waals surface area contributed by atoms with Crippen LogP contribution in [0.2, 0.25) is 0 Å². The van der Waals surface area contributed by atoms with E-state index in [2.05, 4.69) is 10.3 Å². The van der Waals surface area contributed by atoms with Crippen LogP contribution in [0.3, 0.4) is 0 Å². The molecule has 1 aliphatic heterocycles. The molecule has 1 amide bonds. The zero-order valence-electron chi connectivity index (χ0n) is 11.1.